The molecule has 1 saturated carbocycles. The molecule has 5 nitrogen and oxygen atoms in total. The summed E-state index contributed by atoms with van der Waals surface area (Å²) in [4.78, 5) is 22.9. The van der Waals surface area contributed by atoms with Crippen LogP contribution in [0.4, 0.5) is 0 Å². The molecule has 17 heavy (non-hydrogen) atoms. The van der Waals surface area contributed by atoms with Crippen molar-refractivity contribution in [3.8, 4) is 0 Å². The molecule has 1 fully saturated rings. The maximum absolute atomic E-state index is 11.8. The third-order valence-corrected chi connectivity index (χ3v) is 3.26. The number of aliphatic hydroxyl groups excluding tert-OH is 1. The number of hydrogen-bond donors (Lipinski definition) is 2. The Kier molecular flexibility index (Phi) is 5.41. The molecule has 0 saturated heterocycles. The van der Waals surface area contributed by atoms with Gasteiger partial charge in [-0.1, -0.05) is 19.3 Å². The van der Waals surface area contributed by atoms with Gasteiger partial charge in [-0.25, -0.2) is 4.79 Å². The molecule has 0 heterocycles. The minimum Gasteiger partial charge on any atom is -0.467 e. The number of aliphatic hydroxyl groups is 1. The smallest absolute Gasteiger partial charge is 0.336 e. The number of carbonyl (C=O) groups excluding carboxylic acids is 2. The Morgan fingerprint density at radius 3 is 2.41 bits per heavy atom. The first-order chi connectivity index (χ1) is 8.06. The average molecular weight is 243 g/mol. The van der Waals surface area contributed by atoms with Gasteiger partial charge < -0.3 is 15.2 Å². The van der Waals surface area contributed by atoms with Crippen molar-refractivity contribution < 1.29 is 19.4 Å². The van der Waals surface area contributed by atoms with Crippen molar-refractivity contribution in [1.82, 2.24) is 5.32 Å². The first-order valence-corrected chi connectivity index (χ1v) is 6.12. The number of ether oxygens (including phenoxy) is 1. The molecule has 2 atom stereocenters. The van der Waals surface area contributed by atoms with Crippen LogP contribution in [0.15, 0.2) is 0 Å². The van der Waals surface area contributed by atoms with Crippen LogP contribution >= 0.6 is 0 Å². The summed E-state index contributed by atoms with van der Waals surface area (Å²) in [6.45, 7) is 1.60. The van der Waals surface area contributed by atoms with E-state index in [-0.39, 0.29) is 11.8 Å². The van der Waals surface area contributed by atoms with Crippen LogP contribution in [0.1, 0.15) is 39.0 Å². The van der Waals surface area contributed by atoms with Crippen LogP contribution in [0.2, 0.25) is 0 Å². The molecule has 0 aromatic rings. The molecule has 1 rings (SSSR count). The normalized spacial score (nSPS) is 20.4. The Bertz CT molecular complexity index is 274. The molecule has 0 aromatic heterocycles. The third kappa shape index (κ3) is 4.00. The molecule has 0 aliphatic heterocycles. The topological polar surface area (TPSA) is 75.6 Å². The summed E-state index contributed by atoms with van der Waals surface area (Å²) < 4.78 is 4.42. The number of hydrogen-bond acceptors (Lipinski definition) is 4. The summed E-state index contributed by atoms with van der Waals surface area (Å²) in [5.74, 6) is -0.766. The Labute approximate surface area is 102 Å². The van der Waals surface area contributed by atoms with Crippen LogP contribution < -0.4 is 5.32 Å². The number of nitrogens with one attached hydrogen (secondary N) is 1. The van der Waals surface area contributed by atoms with E-state index in [9.17, 15) is 14.7 Å². The van der Waals surface area contributed by atoms with Gasteiger partial charge in [-0.15, -0.1) is 0 Å². The highest BCUT2D eigenvalue weighted by atomic mass is 16.5. The number of methoxy groups -OCH3 is 1. The maximum Gasteiger partial charge on any atom is 0.336 e. The SMILES string of the molecule is COC(=O)C(O)C(C)NC(=O)C1CCCCC1. The summed E-state index contributed by atoms with van der Waals surface area (Å²) in [5, 5.41) is 12.2. The summed E-state index contributed by atoms with van der Waals surface area (Å²) in [6, 6.07) is -0.614. The Morgan fingerprint density at radius 2 is 1.88 bits per heavy atom. The zero-order chi connectivity index (χ0) is 12.8. The van der Waals surface area contributed by atoms with E-state index < -0.39 is 18.1 Å². The minimum absolute atomic E-state index is 0.0241. The lowest BCUT2D eigenvalue weighted by atomic mass is 9.88. The van der Waals surface area contributed by atoms with Gasteiger partial charge in [0.25, 0.3) is 0 Å². The molecule has 1 aliphatic carbocycles. The second-order valence-corrected chi connectivity index (χ2v) is 4.60. The number of carbonyl (C=O) groups is 2. The van der Waals surface area contributed by atoms with Gasteiger partial charge >= 0.3 is 5.97 Å². The first kappa shape index (κ1) is 14.0. The summed E-state index contributed by atoms with van der Waals surface area (Å²) >= 11 is 0. The van der Waals surface area contributed by atoms with Crippen LogP contribution in [-0.2, 0) is 14.3 Å². The first-order valence-electron chi connectivity index (χ1n) is 6.12. The van der Waals surface area contributed by atoms with Crippen LogP contribution in [0, 0.1) is 5.92 Å². The van der Waals surface area contributed by atoms with Crippen LogP contribution in [0.25, 0.3) is 0 Å². The summed E-state index contributed by atoms with van der Waals surface area (Å²) in [5.41, 5.74) is 0. The molecular formula is C12H21NO4. The fraction of sp³-hybridized carbons (Fsp3) is 0.833. The van der Waals surface area contributed by atoms with Gasteiger partial charge in [0, 0.05) is 5.92 Å². The molecule has 2 unspecified atom stereocenters. The van der Waals surface area contributed by atoms with Gasteiger partial charge in [-0.2, -0.15) is 0 Å². The van der Waals surface area contributed by atoms with E-state index in [0.717, 1.165) is 25.7 Å². The lowest BCUT2D eigenvalue weighted by Crippen LogP contribution is -2.47. The average Bonchev–Trinajstić information content (AvgIpc) is 2.37. The molecular weight excluding hydrogens is 222 g/mol. The number of amides is 1. The number of rotatable bonds is 4. The van der Waals surface area contributed by atoms with Crippen molar-refractivity contribution in [2.45, 2.75) is 51.2 Å². The van der Waals surface area contributed by atoms with Crippen LogP contribution in [0.5, 0.6) is 0 Å². The molecule has 1 aliphatic rings. The molecule has 98 valence electrons. The molecule has 0 radical (unpaired) electrons. The monoisotopic (exact) mass is 243 g/mol. The fourth-order valence-electron chi connectivity index (χ4n) is 2.11. The van der Waals surface area contributed by atoms with E-state index in [1.807, 2.05) is 0 Å². The van der Waals surface area contributed by atoms with Gasteiger partial charge in [0.05, 0.1) is 13.2 Å². The zero-order valence-electron chi connectivity index (χ0n) is 10.4. The maximum atomic E-state index is 11.8. The van der Waals surface area contributed by atoms with Crippen molar-refractivity contribution >= 4 is 11.9 Å². The predicted octanol–water partition coefficient (Wildman–Crippen LogP) is 0.605. The summed E-state index contributed by atoms with van der Waals surface area (Å²) in [7, 11) is 1.21. The summed E-state index contributed by atoms with van der Waals surface area (Å²) in [6.07, 6.45) is 3.83. The quantitative estimate of drug-likeness (QED) is 0.709. The minimum atomic E-state index is -1.30. The van der Waals surface area contributed by atoms with Crippen molar-refractivity contribution in [1.29, 1.82) is 0 Å². The van der Waals surface area contributed by atoms with Crippen molar-refractivity contribution in [3.63, 3.8) is 0 Å². The van der Waals surface area contributed by atoms with Crippen molar-refractivity contribution in [3.05, 3.63) is 0 Å². The number of esters is 1. The standard InChI is InChI=1S/C12H21NO4/c1-8(10(14)12(16)17-2)13-11(15)9-6-4-3-5-7-9/h8-10,14H,3-7H2,1-2H3,(H,13,15). The van der Waals surface area contributed by atoms with Gasteiger partial charge in [0.15, 0.2) is 6.10 Å². The van der Waals surface area contributed by atoms with Gasteiger partial charge in [-0.05, 0) is 19.8 Å². The zero-order valence-corrected chi connectivity index (χ0v) is 10.4. The van der Waals surface area contributed by atoms with Crippen LogP contribution in [0.3, 0.4) is 0 Å². The lowest BCUT2D eigenvalue weighted by molar-refractivity contribution is -0.152. The lowest BCUT2D eigenvalue weighted by Gasteiger charge is -2.24. The van der Waals surface area contributed by atoms with Gasteiger partial charge in [0.1, 0.15) is 0 Å². The molecule has 0 bridgehead atoms. The van der Waals surface area contributed by atoms with Gasteiger partial charge in [0.2, 0.25) is 5.91 Å². The fourth-order valence-corrected chi connectivity index (χ4v) is 2.11. The second-order valence-electron chi connectivity index (χ2n) is 4.60. The molecule has 2 N–H and O–H groups in total. The largest absolute Gasteiger partial charge is 0.467 e. The van der Waals surface area contributed by atoms with E-state index in [1.54, 1.807) is 6.92 Å². The third-order valence-electron chi connectivity index (χ3n) is 3.26. The van der Waals surface area contributed by atoms with E-state index in [4.69, 9.17) is 0 Å². The molecule has 5 heteroatoms. The van der Waals surface area contributed by atoms with E-state index in [1.165, 1.54) is 13.5 Å². The molecule has 1 amide bonds. The Hall–Kier alpha value is -1.10. The Balaban J connectivity index is 2.41. The van der Waals surface area contributed by atoms with E-state index in [2.05, 4.69) is 10.1 Å². The van der Waals surface area contributed by atoms with E-state index >= 15 is 0 Å². The predicted molar refractivity (Wildman–Crippen MR) is 62.2 cm³/mol. The highest BCUT2D eigenvalue weighted by molar-refractivity contribution is 5.81. The highest BCUT2D eigenvalue weighted by Crippen LogP contribution is 2.23. The highest BCUT2D eigenvalue weighted by Gasteiger charge is 2.28. The van der Waals surface area contributed by atoms with Crippen molar-refractivity contribution in [2.24, 2.45) is 5.92 Å². The Morgan fingerprint density at radius 1 is 1.29 bits per heavy atom. The molecule has 0 aromatic carbocycles. The second kappa shape index (κ2) is 6.59. The van der Waals surface area contributed by atoms with Crippen LogP contribution in [-0.4, -0.2) is 36.2 Å². The van der Waals surface area contributed by atoms with E-state index in [0.29, 0.717) is 0 Å². The molecule has 0 spiro atoms. The van der Waals surface area contributed by atoms with Gasteiger partial charge in [-0.3, -0.25) is 4.79 Å². The van der Waals surface area contributed by atoms with Crippen molar-refractivity contribution in [2.75, 3.05) is 7.11 Å².